The van der Waals surface area contributed by atoms with E-state index in [1.807, 2.05) is 31.2 Å². The molecule has 25 heavy (non-hydrogen) atoms. The fraction of sp³-hybridized carbons (Fsp3) is 0.421. The number of pyridine rings is 2. The third-order valence-electron chi connectivity index (χ3n) is 4.50. The minimum atomic E-state index is -0.366. The molecular weight excluding hydrogens is 318 g/mol. The summed E-state index contributed by atoms with van der Waals surface area (Å²) in [4.78, 5) is 29.6. The zero-order valence-corrected chi connectivity index (χ0v) is 14.6. The normalized spacial score (nSPS) is 16.8. The molecular formula is C19H23N3O3. The van der Waals surface area contributed by atoms with Crippen molar-refractivity contribution < 1.29 is 9.53 Å². The highest BCUT2D eigenvalue weighted by atomic mass is 16.5. The highest BCUT2D eigenvalue weighted by molar-refractivity contribution is 5.95. The molecule has 2 aromatic heterocycles. The quantitative estimate of drug-likeness (QED) is 0.902. The minimum absolute atomic E-state index is 0.0449. The molecule has 1 amide bonds. The van der Waals surface area contributed by atoms with Crippen LogP contribution in [0.3, 0.4) is 0 Å². The Labute approximate surface area is 146 Å². The van der Waals surface area contributed by atoms with Gasteiger partial charge in [-0.15, -0.1) is 0 Å². The van der Waals surface area contributed by atoms with Crippen LogP contribution in [-0.4, -0.2) is 28.2 Å². The van der Waals surface area contributed by atoms with Gasteiger partial charge in [-0.3, -0.25) is 14.6 Å². The molecule has 1 N–H and O–H groups in total. The maximum absolute atomic E-state index is 12.9. The minimum Gasteiger partial charge on any atom is -0.376 e. The van der Waals surface area contributed by atoms with Crippen molar-refractivity contribution in [2.75, 3.05) is 6.61 Å². The number of aryl methyl sites for hydroxylation is 2. The van der Waals surface area contributed by atoms with Crippen LogP contribution in [-0.2, 0) is 17.8 Å². The molecule has 0 aromatic carbocycles. The summed E-state index contributed by atoms with van der Waals surface area (Å²) in [6, 6.07) is 7.39. The second kappa shape index (κ2) is 7.61. The predicted octanol–water partition coefficient (Wildman–Crippen LogP) is 1.97. The third-order valence-corrected chi connectivity index (χ3v) is 4.50. The number of amides is 1. The van der Waals surface area contributed by atoms with Crippen molar-refractivity contribution >= 4 is 5.91 Å². The van der Waals surface area contributed by atoms with Crippen molar-refractivity contribution in [3.8, 4) is 0 Å². The number of nitrogens with zero attached hydrogens (tertiary/aromatic N) is 2. The van der Waals surface area contributed by atoms with E-state index in [1.165, 1.54) is 0 Å². The van der Waals surface area contributed by atoms with Gasteiger partial charge < -0.3 is 14.6 Å². The summed E-state index contributed by atoms with van der Waals surface area (Å²) in [6.07, 6.45) is 3.68. The molecule has 3 heterocycles. The molecule has 1 fully saturated rings. The van der Waals surface area contributed by atoms with Crippen LogP contribution in [0.1, 0.15) is 40.2 Å². The van der Waals surface area contributed by atoms with Gasteiger partial charge in [-0.05, 0) is 50.5 Å². The molecule has 132 valence electrons. The highest BCUT2D eigenvalue weighted by Gasteiger charge is 2.21. The maximum atomic E-state index is 12.9. The van der Waals surface area contributed by atoms with Crippen LogP contribution in [0.15, 0.2) is 35.3 Å². The van der Waals surface area contributed by atoms with Gasteiger partial charge in [-0.1, -0.05) is 6.07 Å². The van der Waals surface area contributed by atoms with E-state index in [-0.39, 0.29) is 29.7 Å². The smallest absolute Gasteiger partial charge is 0.263 e. The number of hydrogen-bond donors (Lipinski definition) is 1. The molecule has 0 aliphatic carbocycles. The summed E-state index contributed by atoms with van der Waals surface area (Å²) < 4.78 is 7.29. The largest absolute Gasteiger partial charge is 0.376 e. The van der Waals surface area contributed by atoms with E-state index in [0.29, 0.717) is 12.1 Å². The summed E-state index contributed by atoms with van der Waals surface area (Å²) in [5.74, 6) is -0.366. The summed E-state index contributed by atoms with van der Waals surface area (Å²) in [5, 5.41) is 2.79. The van der Waals surface area contributed by atoms with Crippen LogP contribution < -0.4 is 10.9 Å². The molecule has 1 aliphatic rings. The molecule has 2 aromatic rings. The van der Waals surface area contributed by atoms with Crippen LogP contribution in [0.4, 0.5) is 0 Å². The number of aromatic nitrogens is 2. The van der Waals surface area contributed by atoms with E-state index in [4.69, 9.17) is 4.74 Å². The first-order chi connectivity index (χ1) is 12.1. The number of rotatable bonds is 5. The summed E-state index contributed by atoms with van der Waals surface area (Å²) in [6.45, 7) is 5.20. The van der Waals surface area contributed by atoms with Crippen molar-refractivity contribution in [2.24, 2.45) is 0 Å². The number of carbonyl (C=O) groups is 1. The fourth-order valence-electron chi connectivity index (χ4n) is 3.18. The molecule has 1 aliphatic heterocycles. The topological polar surface area (TPSA) is 73.2 Å². The Kier molecular flexibility index (Phi) is 5.28. The van der Waals surface area contributed by atoms with Gasteiger partial charge in [0.2, 0.25) is 0 Å². The Morgan fingerprint density at radius 2 is 2.24 bits per heavy atom. The van der Waals surface area contributed by atoms with Crippen molar-refractivity contribution in [3.63, 3.8) is 0 Å². The molecule has 0 unspecified atom stereocenters. The summed E-state index contributed by atoms with van der Waals surface area (Å²) in [7, 11) is 0. The Hall–Kier alpha value is -2.47. The number of hydrogen-bond acceptors (Lipinski definition) is 4. The summed E-state index contributed by atoms with van der Waals surface area (Å²) in [5.41, 5.74) is 2.22. The molecule has 1 atom stereocenters. The molecule has 0 bridgehead atoms. The van der Waals surface area contributed by atoms with Crippen molar-refractivity contribution in [2.45, 2.75) is 45.9 Å². The van der Waals surface area contributed by atoms with Gasteiger partial charge in [-0.25, -0.2) is 0 Å². The Morgan fingerprint density at radius 1 is 1.40 bits per heavy atom. The van der Waals surface area contributed by atoms with E-state index in [9.17, 15) is 9.59 Å². The van der Waals surface area contributed by atoms with Gasteiger partial charge in [0.25, 0.3) is 11.5 Å². The van der Waals surface area contributed by atoms with Crippen LogP contribution in [0, 0.1) is 13.8 Å². The summed E-state index contributed by atoms with van der Waals surface area (Å²) >= 11 is 0. The molecule has 6 heteroatoms. The van der Waals surface area contributed by atoms with E-state index < -0.39 is 0 Å². The lowest BCUT2D eigenvalue weighted by atomic mass is 10.1. The Balaban J connectivity index is 1.82. The van der Waals surface area contributed by atoms with Crippen LogP contribution in [0.5, 0.6) is 0 Å². The van der Waals surface area contributed by atoms with E-state index in [0.717, 1.165) is 30.8 Å². The highest BCUT2D eigenvalue weighted by Crippen LogP contribution is 2.15. The molecule has 0 saturated carbocycles. The second-order valence-electron chi connectivity index (χ2n) is 6.40. The van der Waals surface area contributed by atoms with Crippen molar-refractivity contribution in [1.82, 2.24) is 14.9 Å². The molecule has 0 radical (unpaired) electrons. The Bertz CT molecular complexity index is 809. The van der Waals surface area contributed by atoms with E-state index in [1.54, 1.807) is 17.7 Å². The van der Waals surface area contributed by atoms with Crippen molar-refractivity contribution in [3.05, 3.63) is 63.3 Å². The molecule has 0 spiro atoms. The maximum Gasteiger partial charge on any atom is 0.263 e. The first-order valence-corrected chi connectivity index (χ1v) is 8.57. The lowest BCUT2D eigenvalue weighted by Crippen LogP contribution is -2.36. The molecule has 6 nitrogen and oxygen atoms in total. The zero-order chi connectivity index (χ0) is 17.8. The number of carbonyl (C=O) groups excluding carboxylic acids is 1. The standard InChI is InChI=1S/C19H23N3O3/c1-13-10-14(2)22(12-16-7-5-9-25-16)19(24)17(13)18(23)21-11-15-6-3-4-8-20-15/h3-4,6,8,10,16H,5,7,9,11-12H2,1-2H3,(H,21,23)/t16-/m1/s1. The van der Waals surface area contributed by atoms with Gasteiger partial charge in [0.1, 0.15) is 5.56 Å². The molecule has 3 rings (SSSR count). The number of ether oxygens (including phenoxy) is 1. The van der Waals surface area contributed by atoms with Crippen LogP contribution in [0.25, 0.3) is 0 Å². The first kappa shape index (κ1) is 17.4. The fourth-order valence-corrected chi connectivity index (χ4v) is 3.18. The van der Waals surface area contributed by atoms with Gasteiger partial charge in [0.15, 0.2) is 0 Å². The van der Waals surface area contributed by atoms with E-state index in [2.05, 4.69) is 10.3 Å². The lowest BCUT2D eigenvalue weighted by Gasteiger charge is -2.17. The monoisotopic (exact) mass is 341 g/mol. The van der Waals surface area contributed by atoms with Gasteiger partial charge in [0, 0.05) is 18.5 Å². The van der Waals surface area contributed by atoms with Gasteiger partial charge >= 0.3 is 0 Å². The predicted molar refractivity (Wildman–Crippen MR) is 94.6 cm³/mol. The van der Waals surface area contributed by atoms with E-state index >= 15 is 0 Å². The number of nitrogens with one attached hydrogen (secondary N) is 1. The van der Waals surface area contributed by atoms with Crippen LogP contribution in [0.2, 0.25) is 0 Å². The van der Waals surface area contributed by atoms with Gasteiger partial charge in [0.05, 0.1) is 24.9 Å². The lowest BCUT2D eigenvalue weighted by molar-refractivity contribution is 0.0925. The van der Waals surface area contributed by atoms with Crippen molar-refractivity contribution in [1.29, 1.82) is 0 Å². The average molecular weight is 341 g/mol. The van der Waals surface area contributed by atoms with Crippen LogP contribution >= 0.6 is 0 Å². The second-order valence-corrected chi connectivity index (χ2v) is 6.40. The van der Waals surface area contributed by atoms with Gasteiger partial charge in [-0.2, -0.15) is 0 Å². The SMILES string of the molecule is Cc1cc(C)n(C[C@H]2CCCO2)c(=O)c1C(=O)NCc1ccccn1. The molecule has 1 saturated heterocycles. The average Bonchev–Trinajstić information content (AvgIpc) is 3.11. The zero-order valence-electron chi connectivity index (χ0n) is 14.6. The third kappa shape index (κ3) is 3.96. The Morgan fingerprint density at radius 3 is 2.92 bits per heavy atom. The first-order valence-electron chi connectivity index (χ1n) is 8.57.